The van der Waals surface area contributed by atoms with Crippen LogP contribution in [0.5, 0.6) is 0 Å². The van der Waals surface area contributed by atoms with Crippen LogP contribution in [0.1, 0.15) is 28.0 Å². The van der Waals surface area contributed by atoms with Gasteiger partial charge < -0.3 is 5.32 Å². The molecule has 0 aliphatic carbocycles. The second-order valence-electron chi connectivity index (χ2n) is 6.39. The molecule has 1 amide bonds. The van der Waals surface area contributed by atoms with Gasteiger partial charge in [0.05, 0.1) is 15.8 Å². The quantitative estimate of drug-likeness (QED) is 0.347. The SMILES string of the molecule is Cn1cc(C(=O)Nc2ccccc2CSc2nc3cc(Cl)ccc3s2)c(C(F)F)n1. The number of nitrogens with one attached hydrogen (secondary N) is 1. The molecule has 2 heterocycles. The van der Waals surface area contributed by atoms with Crippen LogP contribution in [-0.2, 0) is 12.8 Å². The first-order valence-electron chi connectivity index (χ1n) is 8.80. The number of benzene rings is 2. The standard InChI is InChI=1S/C20H15ClF2N4OS2/c1-27-9-13(17(26-27)18(22)23)19(28)24-14-5-3-2-4-11(14)10-29-20-25-15-8-12(21)6-7-16(15)30-20/h2-9,18H,10H2,1H3,(H,24,28). The van der Waals surface area contributed by atoms with Gasteiger partial charge in [-0.15, -0.1) is 11.3 Å². The Kier molecular flexibility index (Phi) is 6.03. The van der Waals surface area contributed by atoms with Gasteiger partial charge >= 0.3 is 0 Å². The van der Waals surface area contributed by atoms with Crippen LogP contribution in [0.2, 0.25) is 5.02 Å². The lowest BCUT2D eigenvalue weighted by Crippen LogP contribution is -2.14. The van der Waals surface area contributed by atoms with Gasteiger partial charge in [-0.3, -0.25) is 9.48 Å². The van der Waals surface area contributed by atoms with Gasteiger partial charge in [0.25, 0.3) is 12.3 Å². The fourth-order valence-corrected chi connectivity index (χ4v) is 5.10. The van der Waals surface area contributed by atoms with E-state index in [-0.39, 0.29) is 5.56 Å². The highest BCUT2D eigenvalue weighted by molar-refractivity contribution is 8.00. The number of amides is 1. The molecule has 154 valence electrons. The monoisotopic (exact) mass is 464 g/mol. The zero-order chi connectivity index (χ0) is 21.3. The molecular formula is C20H15ClF2N4OS2. The maximum atomic E-state index is 13.2. The van der Waals surface area contributed by atoms with Crippen LogP contribution in [0.4, 0.5) is 14.5 Å². The van der Waals surface area contributed by atoms with Gasteiger partial charge in [0, 0.05) is 29.7 Å². The predicted octanol–water partition coefficient (Wildman–Crippen LogP) is 6.17. The molecule has 0 unspecified atom stereocenters. The highest BCUT2D eigenvalue weighted by Crippen LogP contribution is 2.34. The van der Waals surface area contributed by atoms with Gasteiger partial charge in [0.1, 0.15) is 5.69 Å². The summed E-state index contributed by atoms with van der Waals surface area (Å²) in [7, 11) is 1.50. The third-order valence-electron chi connectivity index (χ3n) is 4.26. The van der Waals surface area contributed by atoms with Crippen LogP contribution >= 0.6 is 34.7 Å². The van der Waals surface area contributed by atoms with Crippen molar-refractivity contribution in [1.29, 1.82) is 0 Å². The summed E-state index contributed by atoms with van der Waals surface area (Å²) in [6, 6.07) is 12.8. The fourth-order valence-electron chi connectivity index (χ4n) is 2.88. The molecule has 0 radical (unpaired) electrons. The largest absolute Gasteiger partial charge is 0.322 e. The number of carbonyl (C=O) groups excluding carboxylic acids is 1. The Balaban J connectivity index is 1.51. The molecule has 2 aromatic heterocycles. The summed E-state index contributed by atoms with van der Waals surface area (Å²) in [6.07, 6.45) is -1.54. The number of fused-ring (bicyclic) bond motifs is 1. The molecule has 0 atom stereocenters. The minimum Gasteiger partial charge on any atom is -0.322 e. The first-order chi connectivity index (χ1) is 14.4. The van der Waals surface area contributed by atoms with E-state index in [4.69, 9.17) is 11.6 Å². The van der Waals surface area contributed by atoms with Crippen LogP contribution < -0.4 is 5.32 Å². The topological polar surface area (TPSA) is 59.8 Å². The Morgan fingerprint density at radius 2 is 2.10 bits per heavy atom. The third kappa shape index (κ3) is 4.48. The van der Waals surface area contributed by atoms with Gasteiger partial charge in [0.2, 0.25) is 0 Å². The van der Waals surface area contributed by atoms with Crippen molar-refractivity contribution in [2.75, 3.05) is 5.32 Å². The number of nitrogens with zero attached hydrogens (tertiary/aromatic N) is 3. The van der Waals surface area contributed by atoms with Crippen molar-refractivity contribution in [3.8, 4) is 0 Å². The molecule has 0 spiro atoms. The van der Waals surface area contributed by atoms with Gasteiger partial charge in [-0.25, -0.2) is 13.8 Å². The molecule has 0 aliphatic heterocycles. The van der Waals surface area contributed by atoms with Crippen molar-refractivity contribution >= 4 is 56.5 Å². The van der Waals surface area contributed by atoms with Gasteiger partial charge in [-0.2, -0.15) is 5.10 Å². The van der Waals surface area contributed by atoms with E-state index in [0.29, 0.717) is 16.5 Å². The Morgan fingerprint density at radius 1 is 1.30 bits per heavy atom. The van der Waals surface area contributed by atoms with Crippen LogP contribution in [-0.4, -0.2) is 20.7 Å². The molecule has 30 heavy (non-hydrogen) atoms. The van der Waals surface area contributed by atoms with E-state index in [2.05, 4.69) is 15.4 Å². The summed E-state index contributed by atoms with van der Waals surface area (Å²) in [5, 5.41) is 7.05. The molecule has 0 aliphatic rings. The predicted molar refractivity (Wildman–Crippen MR) is 117 cm³/mol. The van der Waals surface area contributed by atoms with Crippen LogP contribution in [0.3, 0.4) is 0 Å². The number of alkyl halides is 2. The van der Waals surface area contributed by atoms with Crippen molar-refractivity contribution in [3.63, 3.8) is 0 Å². The molecule has 10 heteroatoms. The average Bonchev–Trinajstić information content (AvgIpc) is 3.30. The Hall–Kier alpha value is -2.49. The van der Waals surface area contributed by atoms with Crippen LogP contribution in [0, 0.1) is 0 Å². The second-order valence-corrected chi connectivity index (χ2v) is 9.08. The molecule has 0 bridgehead atoms. The number of hydrogen-bond acceptors (Lipinski definition) is 5. The zero-order valence-electron chi connectivity index (χ0n) is 15.6. The number of thiazole rings is 1. The second kappa shape index (κ2) is 8.71. The lowest BCUT2D eigenvalue weighted by atomic mass is 10.2. The molecule has 2 aromatic carbocycles. The number of carbonyl (C=O) groups is 1. The summed E-state index contributed by atoms with van der Waals surface area (Å²) in [4.78, 5) is 17.2. The smallest absolute Gasteiger partial charge is 0.282 e. The molecule has 1 N–H and O–H groups in total. The number of aryl methyl sites for hydroxylation is 1. The lowest BCUT2D eigenvalue weighted by Gasteiger charge is -2.10. The maximum absolute atomic E-state index is 13.2. The average molecular weight is 465 g/mol. The van der Waals surface area contributed by atoms with Gasteiger partial charge in [-0.1, -0.05) is 41.6 Å². The molecular weight excluding hydrogens is 450 g/mol. The fraction of sp³-hybridized carbons (Fsp3) is 0.150. The lowest BCUT2D eigenvalue weighted by molar-refractivity contribution is 0.101. The van der Waals surface area contributed by atoms with E-state index in [1.54, 1.807) is 23.5 Å². The first-order valence-corrected chi connectivity index (χ1v) is 11.0. The molecule has 4 rings (SSSR count). The summed E-state index contributed by atoms with van der Waals surface area (Å²) >= 11 is 9.11. The number of rotatable bonds is 6. The van der Waals surface area contributed by atoms with E-state index < -0.39 is 18.0 Å². The summed E-state index contributed by atoms with van der Waals surface area (Å²) < 4.78 is 29.5. The normalized spacial score (nSPS) is 11.4. The van der Waals surface area contributed by atoms with Crippen molar-refractivity contribution in [2.45, 2.75) is 16.5 Å². The highest BCUT2D eigenvalue weighted by Gasteiger charge is 2.23. The van der Waals surface area contributed by atoms with Crippen LogP contribution in [0.15, 0.2) is 53.0 Å². The third-order valence-corrected chi connectivity index (χ3v) is 6.72. The van der Waals surface area contributed by atoms with E-state index in [1.165, 1.54) is 29.7 Å². The van der Waals surface area contributed by atoms with Crippen LogP contribution in [0.25, 0.3) is 10.2 Å². The highest BCUT2D eigenvalue weighted by atomic mass is 35.5. The number of para-hydroxylation sites is 1. The molecule has 4 aromatic rings. The number of aromatic nitrogens is 3. The number of thioether (sulfide) groups is 1. The summed E-state index contributed by atoms with van der Waals surface area (Å²) in [5.41, 5.74) is 1.58. The first kappa shape index (κ1) is 20.8. The molecule has 0 saturated carbocycles. The summed E-state index contributed by atoms with van der Waals surface area (Å²) in [5.74, 6) is -0.0656. The van der Waals surface area contributed by atoms with Crippen molar-refractivity contribution in [1.82, 2.24) is 14.8 Å². The number of anilines is 1. The molecule has 0 saturated heterocycles. The maximum Gasteiger partial charge on any atom is 0.282 e. The minimum absolute atomic E-state index is 0.141. The Morgan fingerprint density at radius 3 is 2.90 bits per heavy atom. The zero-order valence-corrected chi connectivity index (χ0v) is 18.0. The minimum atomic E-state index is -2.83. The van der Waals surface area contributed by atoms with E-state index in [0.717, 1.165) is 20.1 Å². The van der Waals surface area contributed by atoms with E-state index >= 15 is 0 Å². The van der Waals surface area contributed by atoms with Crippen molar-refractivity contribution < 1.29 is 13.6 Å². The molecule has 0 fully saturated rings. The molecule has 5 nitrogen and oxygen atoms in total. The number of hydrogen-bond donors (Lipinski definition) is 1. The Labute approximate surface area is 184 Å². The van der Waals surface area contributed by atoms with Gasteiger partial charge in [-0.05, 0) is 29.8 Å². The Bertz CT molecular complexity index is 1220. The summed E-state index contributed by atoms with van der Waals surface area (Å²) in [6.45, 7) is 0. The van der Waals surface area contributed by atoms with Gasteiger partial charge in [0.15, 0.2) is 4.34 Å². The van der Waals surface area contributed by atoms with E-state index in [9.17, 15) is 13.6 Å². The van der Waals surface area contributed by atoms with E-state index in [1.807, 2.05) is 30.3 Å². The van der Waals surface area contributed by atoms with Crippen molar-refractivity contribution in [2.24, 2.45) is 7.05 Å². The van der Waals surface area contributed by atoms with Crippen molar-refractivity contribution in [3.05, 3.63) is 70.5 Å². The number of halogens is 3.